The van der Waals surface area contributed by atoms with Crippen molar-refractivity contribution in [1.29, 1.82) is 0 Å². The van der Waals surface area contributed by atoms with Crippen LogP contribution in [-0.4, -0.2) is 56.4 Å². The maximum absolute atomic E-state index is 11.2. The van der Waals surface area contributed by atoms with E-state index in [1.807, 2.05) is 22.7 Å². The number of imidazole rings is 1. The minimum absolute atomic E-state index is 0.0967. The van der Waals surface area contributed by atoms with Crippen molar-refractivity contribution < 1.29 is 9.53 Å². The number of nitrogens with zero attached hydrogens (tertiary/aromatic N) is 5. The number of ether oxygens (including phenoxy) is 1. The van der Waals surface area contributed by atoms with Gasteiger partial charge in [-0.2, -0.15) is 0 Å². The number of carbonyl (C=O) groups is 1. The molecule has 3 N–H and O–H groups in total. The highest BCUT2D eigenvalue weighted by Gasteiger charge is 2.20. The Balaban J connectivity index is 1.59. The first-order valence-electron chi connectivity index (χ1n) is 9.22. The molecule has 9 heteroatoms. The molecule has 1 aliphatic rings. The van der Waals surface area contributed by atoms with E-state index in [0.717, 1.165) is 37.1 Å². The van der Waals surface area contributed by atoms with Gasteiger partial charge < -0.3 is 25.1 Å². The fourth-order valence-electron chi connectivity index (χ4n) is 3.25. The van der Waals surface area contributed by atoms with Crippen LogP contribution in [0, 0.1) is 0 Å². The molecule has 0 atom stereocenters. The van der Waals surface area contributed by atoms with Crippen LogP contribution in [-0.2, 0) is 4.79 Å². The first-order chi connectivity index (χ1) is 13.5. The maximum atomic E-state index is 11.2. The minimum atomic E-state index is -0.163. The molecule has 146 valence electrons. The summed E-state index contributed by atoms with van der Waals surface area (Å²) in [5, 5.41) is 2.68. The smallest absolute Gasteiger partial charge is 0.258 e. The maximum Gasteiger partial charge on any atom is 0.258 e. The third kappa shape index (κ3) is 3.89. The van der Waals surface area contributed by atoms with Crippen molar-refractivity contribution in [2.45, 2.75) is 25.9 Å². The molecule has 4 rings (SSSR count). The SMILES string of the molecule is CC(=O)Nc1cn2cc(-c3cnc(N)c(OC4CCN(C)CC4)n3)ccc2n1. The molecule has 28 heavy (non-hydrogen) atoms. The molecular formula is C19H23N7O2. The number of nitrogens with two attached hydrogens (primary N) is 1. The Bertz CT molecular complexity index is 1010. The number of hydrogen-bond acceptors (Lipinski definition) is 7. The van der Waals surface area contributed by atoms with Gasteiger partial charge in [-0.3, -0.25) is 4.79 Å². The van der Waals surface area contributed by atoms with Crippen molar-refractivity contribution in [3.05, 3.63) is 30.7 Å². The van der Waals surface area contributed by atoms with Crippen LogP contribution in [0.25, 0.3) is 16.9 Å². The second-order valence-electron chi connectivity index (χ2n) is 7.06. The number of anilines is 2. The summed E-state index contributed by atoms with van der Waals surface area (Å²) in [5.41, 5.74) is 8.22. The monoisotopic (exact) mass is 381 g/mol. The van der Waals surface area contributed by atoms with E-state index in [1.165, 1.54) is 6.92 Å². The average molecular weight is 381 g/mol. The second kappa shape index (κ2) is 7.43. The largest absolute Gasteiger partial charge is 0.472 e. The first kappa shape index (κ1) is 18.2. The number of nitrogen functional groups attached to an aromatic ring is 1. The number of carbonyl (C=O) groups excluding carboxylic acids is 1. The summed E-state index contributed by atoms with van der Waals surface area (Å²) < 4.78 is 7.87. The lowest BCUT2D eigenvalue weighted by Gasteiger charge is -2.29. The van der Waals surface area contributed by atoms with Crippen LogP contribution in [0.15, 0.2) is 30.7 Å². The zero-order valence-corrected chi connectivity index (χ0v) is 15.9. The molecule has 1 saturated heterocycles. The van der Waals surface area contributed by atoms with Crippen LogP contribution in [0.3, 0.4) is 0 Å². The van der Waals surface area contributed by atoms with Crippen LogP contribution in [0.1, 0.15) is 19.8 Å². The van der Waals surface area contributed by atoms with Crippen molar-refractivity contribution in [3.8, 4) is 17.1 Å². The molecule has 0 spiro atoms. The van der Waals surface area contributed by atoms with E-state index in [4.69, 9.17) is 10.5 Å². The molecule has 4 heterocycles. The Morgan fingerprint density at radius 1 is 1.25 bits per heavy atom. The van der Waals surface area contributed by atoms with Gasteiger partial charge in [0.15, 0.2) is 11.6 Å². The summed E-state index contributed by atoms with van der Waals surface area (Å²) in [6, 6.07) is 3.76. The summed E-state index contributed by atoms with van der Waals surface area (Å²) in [4.78, 5) is 26.7. The fraction of sp³-hybridized carbons (Fsp3) is 0.368. The van der Waals surface area contributed by atoms with Gasteiger partial charge in [-0.25, -0.2) is 15.0 Å². The van der Waals surface area contributed by atoms with Crippen LogP contribution in [0.5, 0.6) is 5.88 Å². The van der Waals surface area contributed by atoms with E-state index in [0.29, 0.717) is 23.2 Å². The van der Waals surface area contributed by atoms with Gasteiger partial charge in [0, 0.05) is 31.8 Å². The Morgan fingerprint density at radius 3 is 2.79 bits per heavy atom. The van der Waals surface area contributed by atoms with Crippen LogP contribution >= 0.6 is 0 Å². The van der Waals surface area contributed by atoms with Crippen LogP contribution in [0.2, 0.25) is 0 Å². The molecule has 1 amide bonds. The highest BCUT2D eigenvalue weighted by molar-refractivity contribution is 5.87. The number of amides is 1. The van der Waals surface area contributed by atoms with Gasteiger partial charge in [0.2, 0.25) is 5.91 Å². The molecule has 0 aromatic carbocycles. The first-order valence-corrected chi connectivity index (χ1v) is 9.22. The number of rotatable bonds is 4. The standard InChI is InChI=1S/C19H23N7O2/c1-12(27)22-16-11-26-10-13(3-4-17(26)24-16)15-9-21-18(20)19(23-15)28-14-5-7-25(2)8-6-14/h3-4,9-11,14H,5-8H2,1-2H3,(H2,20,21)(H,22,27). The Labute approximate surface area is 162 Å². The highest BCUT2D eigenvalue weighted by atomic mass is 16.5. The molecule has 0 unspecified atom stereocenters. The number of aromatic nitrogens is 4. The van der Waals surface area contributed by atoms with Crippen molar-refractivity contribution in [3.63, 3.8) is 0 Å². The summed E-state index contributed by atoms with van der Waals surface area (Å²) in [5.74, 6) is 0.999. The quantitative estimate of drug-likeness (QED) is 0.709. The normalized spacial score (nSPS) is 15.6. The molecule has 3 aromatic rings. The molecule has 1 fully saturated rings. The summed E-state index contributed by atoms with van der Waals surface area (Å²) >= 11 is 0. The van der Waals surface area contributed by atoms with Gasteiger partial charge in [-0.1, -0.05) is 0 Å². The lowest BCUT2D eigenvalue weighted by atomic mass is 10.1. The lowest BCUT2D eigenvalue weighted by Crippen LogP contribution is -2.36. The van der Waals surface area contributed by atoms with E-state index in [1.54, 1.807) is 12.4 Å². The molecular weight excluding hydrogens is 358 g/mol. The number of hydrogen-bond donors (Lipinski definition) is 2. The number of nitrogens with one attached hydrogen (secondary N) is 1. The van der Waals surface area contributed by atoms with Crippen molar-refractivity contribution in [1.82, 2.24) is 24.3 Å². The van der Waals surface area contributed by atoms with E-state index >= 15 is 0 Å². The van der Waals surface area contributed by atoms with Gasteiger partial charge in [0.25, 0.3) is 5.88 Å². The van der Waals surface area contributed by atoms with Crippen molar-refractivity contribution in [2.75, 3.05) is 31.2 Å². The lowest BCUT2D eigenvalue weighted by molar-refractivity contribution is -0.114. The molecule has 0 aliphatic carbocycles. The Morgan fingerprint density at radius 2 is 2.04 bits per heavy atom. The van der Waals surface area contributed by atoms with Gasteiger partial charge in [-0.05, 0) is 32.0 Å². The number of piperidine rings is 1. The predicted octanol–water partition coefficient (Wildman–Crippen LogP) is 1.80. The van der Waals surface area contributed by atoms with Gasteiger partial charge >= 0.3 is 0 Å². The molecule has 0 bridgehead atoms. The zero-order chi connectivity index (χ0) is 19.7. The summed E-state index contributed by atoms with van der Waals surface area (Å²) in [6.07, 6.45) is 7.24. The molecule has 0 saturated carbocycles. The zero-order valence-electron chi connectivity index (χ0n) is 15.9. The molecule has 9 nitrogen and oxygen atoms in total. The van der Waals surface area contributed by atoms with E-state index < -0.39 is 0 Å². The van der Waals surface area contributed by atoms with Crippen LogP contribution < -0.4 is 15.8 Å². The number of pyridine rings is 1. The number of fused-ring (bicyclic) bond motifs is 1. The minimum Gasteiger partial charge on any atom is -0.472 e. The topological polar surface area (TPSA) is 111 Å². The molecule has 3 aromatic heterocycles. The Kier molecular flexibility index (Phi) is 4.82. The second-order valence-corrected chi connectivity index (χ2v) is 7.06. The summed E-state index contributed by atoms with van der Waals surface area (Å²) in [7, 11) is 2.11. The molecule has 0 radical (unpaired) electrons. The summed E-state index contributed by atoms with van der Waals surface area (Å²) in [6.45, 7) is 3.43. The van der Waals surface area contributed by atoms with Gasteiger partial charge in [0.05, 0.1) is 18.1 Å². The van der Waals surface area contributed by atoms with E-state index in [-0.39, 0.29) is 12.0 Å². The third-order valence-electron chi connectivity index (χ3n) is 4.76. The predicted molar refractivity (Wildman–Crippen MR) is 106 cm³/mol. The van der Waals surface area contributed by atoms with Gasteiger partial charge in [-0.15, -0.1) is 0 Å². The third-order valence-corrected chi connectivity index (χ3v) is 4.76. The van der Waals surface area contributed by atoms with Crippen molar-refractivity contribution in [2.24, 2.45) is 0 Å². The van der Waals surface area contributed by atoms with E-state index in [9.17, 15) is 4.79 Å². The highest BCUT2D eigenvalue weighted by Crippen LogP contribution is 2.26. The van der Waals surface area contributed by atoms with Crippen molar-refractivity contribution >= 4 is 23.2 Å². The van der Waals surface area contributed by atoms with Crippen LogP contribution in [0.4, 0.5) is 11.6 Å². The average Bonchev–Trinajstić information content (AvgIpc) is 3.06. The Hall–Kier alpha value is -3.20. The number of likely N-dealkylation sites (tertiary alicyclic amines) is 1. The van der Waals surface area contributed by atoms with E-state index in [2.05, 4.69) is 32.2 Å². The fourth-order valence-corrected chi connectivity index (χ4v) is 3.25. The van der Waals surface area contributed by atoms with Gasteiger partial charge in [0.1, 0.15) is 11.8 Å². The molecule has 1 aliphatic heterocycles.